The Labute approximate surface area is 181 Å². The fourth-order valence-electron chi connectivity index (χ4n) is 2.66. The normalized spacial score (nSPS) is 14.9. The van der Waals surface area contributed by atoms with Gasteiger partial charge in [-0.25, -0.2) is 0 Å². The molecule has 0 unspecified atom stereocenters. The van der Waals surface area contributed by atoms with E-state index in [1.807, 2.05) is 54.6 Å². The third kappa shape index (κ3) is 5.52. The molecule has 152 valence electrons. The van der Waals surface area contributed by atoms with Crippen molar-refractivity contribution in [3.05, 3.63) is 76.5 Å². The molecule has 1 aliphatic heterocycles. The summed E-state index contributed by atoms with van der Waals surface area (Å²) >= 11 is 2.34. The van der Waals surface area contributed by atoms with E-state index in [9.17, 15) is 9.59 Å². The monoisotopic (exact) mass is 439 g/mol. The van der Waals surface area contributed by atoms with Gasteiger partial charge in [0.1, 0.15) is 5.75 Å². The molecule has 1 fully saturated rings. The van der Waals surface area contributed by atoms with Gasteiger partial charge in [0.25, 0.3) is 16.4 Å². The average molecular weight is 440 g/mol. The molecule has 2 heterocycles. The fraction of sp³-hybridized carbons (Fsp3) is 0.143. The molecule has 7 nitrogen and oxygen atoms in total. The molecule has 0 aliphatic carbocycles. The maximum atomic E-state index is 11.6. The number of thioether (sulfide) groups is 2. The van der Waals surface area contributed by atoms with E-state index in [2.05, 4.69) is 15.5 Å². The highest BCUT2D eigenvalue weighted by molar-refractivity contribution is 8.18. The second kappa shape index (κ2) is 9.64. The van der Waals surface area contributed by atoms with Crippen LogP contribution in [0.25, 0.3) is 6.08 Å². The Bertz CT molecular complexity index is 1070. The van der Waals surface area contributed by atoms with Crippen LogP contribution in [-0.2, 0) is 11.2 Å². The minimum atomic E-state index is -0.365. The molecule has 0 bridgehead atoms. The molecule has 0 radical (unpaired) electrons. The van der Waals surface area contributed by atoms with Gasteiger partial charge >= 0.3 is 0 Å². The number of hydrogen-bond donors (Lipinski definition) is 1. The number of rotatable bonds is 8. The van der Waals surface area contributed by atoms with Crippen molar-refractivity contribution in [1.29, 1.82) is 0 Å². The van der Waals surface area contributed by atoms with Crippen LogP contribution >= 0.6 is 23.5 Å². The van der Waals surface area contributed by atoms with Crippen LogP contribution in [0.5, 0.6) is 5.75 Å². The van der Waals surface area contributed by atoms with Gasteiger partial charge in [-0.05, 0) is 41.1 Å². The van der Waals surface area contributed by atoms with Crippen LogP contribution in [-0.4, -0.2) is 33.7 Å². The van der Waals surface area contributed by atoms with Gasteiger partial charge in [0.15, 0.2) is 0 Å². The van der Waals surface area contributed by atoms with Crippen molar-refractivity contribution in [3.8, 4) is 5.75 Å². The summed E-state index contributed by atoms with van der Waals surface area (Å²) in [6, 6.07) is 17.3. The number of aromatic nitrogens is 2. The Morgan fingerprint density at radius 1 is 1.07 bits per heavy atom. The molecule has 9 heteroatoms. The number of benzene rings is 2. The Kier molecular flexibility index (Phi) is 6.50. The number of hydrogen-bond acceptors (Lipinski definition) is 8. The molecule has 1 aromatic heterocycles. The Morgan fingerprint density at radius 3 is 2.60 bits per heavy atom. The smallest absolute Gasteiger partial charge is 0.290 e. The predicted octanol–water partition coefficient (Wildman–Crippen LogP) is 4.16. The first-order chi connectivity index (χ1) is 14.7. The van der Waals surface area contributed by atoms with Gasteiger partial charge in [0, 0.05) is 5.75 Å². The van der Waals surface area contributed by atoms with Crippen LogP contribution in [0, 0.1) is 0 Å². The lowest BCUT2D eigenvalue weighted by Gasteiger charge is -2.05. The number of carbonyl (C=O) groups is 2. The molecule has 2 aromatic carbocycles. The zero-order chi connectivity index (χ0) is 20.8. The molecule has 30 heavy (non-hydrogen) atoms. The van der Waals surface area contributed by atoms with Crippen molar-refractivity contribution in [1.82, 2.24) is 15.5 Å². The van der Waals surface area contributed by atoms with Gasteiger partial charge < -0.3 is 9.15 Å². The van der Waals surface area contributed by atoms with Gasteiger partial charge in [-0.15, -0.1) is 10.2 Å². The zero-order valence-electron chi connectivity index (χ0n) is 15.7. The highest BCUT2D eigenvalue weighted by Gasteiger charge is 2.24. The van der Waals surface area contributed by atoms with Crippen LogP contribution in [0.2, 0.25) is 0 Å². The van der Waals surface area contributed by atoms with Crippen LogP contribution in [0.15, 0.2) is 69.1 Å². The third-order valence-electron chi connectivity index (χ3n) is 4.04. The van der Waals surface area contributed by atoms with Gasteiger partial charge in [0.2, 0.25) is 5.89 Å². The second-order valence-corrected chi connectivity index (χ2v) is 8.30. The second-order valence-electron chi connectivity index (χ2n) is 6.24. The molecule has 3 aromatic rings. The molecule has 1 N–H and O–H groups in total. The van der Waals surface area contributed by atoms with E-state index in [4.69, 9.17) is 9.15 Å². The highest BCUT2D eigenvalue weighted by Crippen LogP contribution is 2.26. The summed E-state index contributed by atoms with van der Waals surface area (Å²) in [5.74, 6) is 1.60. The number of nitrogens with zero attached hydrogens (tertiary/aromatic N) is 2. The summed E-state index contributed by atoms with van der Waals surface area (Å²) in [6.07, 6.45) is 2.29. The van der Waals surface area contributed by atoms with E-state index in [-0.39, 0.29) is 11.1 Å². The van der Waals surface area contributed by atoms with Crippen LogP contribution in [0.4, 0.5) is 4.79 Å². The Balaban J connectivity index is 1.22. The first-order valence-electron chi connectivity index (χ1n) is 9.12. The summed E-state index contributed by atoms with van der Waals surface area (Å²) in [7, 11) is 0. The molecule has 4 rings (SSSR count). The molecular formula is C21H17N3O4S2. The summed E-state index contributed by atoms with van der Waals surface area (Å²) in [6.45, 7) is 0.480. The van der Waals surface area contributed by atoms with Crippen molar-refractivity contribution in [2.24, 2.45) is 0 Å². The largest absolute Gasteiger partial charge is 0.493 e. The van der Waals surface area contributed by atoms with Crippen molar-refractivity contribution in [3.63, 3.8) is 0 Å². The summed E-state index contributed by atoms with van der Waals surface area (Å²) < 4.78 is 11.4. The molecule has 1 saturated heterocycles. The lowest BCUT2D eigenvalue weighted by atomic mass is 10.2. The quantitative estimate of drug-likeness (QED) is 0.318. The Morgan fingerprint density at radius 2 is 1.87 bits per heavy atom. The average Bonchev–Trinajstić information content (AvgIpc) is 3.32. The van der Waals surface area contributed by atoms with Gasteiger partial charge in [-0.3, -0.25) is 14.9 Å². The van der Waals surface area contributed by atoms with E-state index < -0.39 is 0 Å². The van der Waals surface area contributed by atoms with Gasteiger partial charge in [-0.1, -0.05) is 54.2 Å². The van der Waals surface area contributed by atoms with Gasteiger partial charge in [-0.2, -0.15) is 0 Å². The number of imide groups is 1. The fourth-order valence-corrected chi connectivity index (χ4v) is 3.94. The molecule has 1 aliphatic rings. The summed E-state index contributed by atoms with van der Waals surface area (Å²) in [4.78, 5) is 23.2. The zero-order valence-corrected chi connectivity index (χ0v) is 17.4. The minimum absolute atomic E-state index is 0.350. The summed E-state index contributed by atoms with van der Waals surface area (Å²) in [5.41, 5.74) is 1.94. The number of amides is 2. The molecular weight excluding hydrogens is 422 g/mol. The highest BCUT2D eigenvalue weighted by atomic mass is 32.2. The molecule has 0 atom stereocenters. The molecule has 2 amide bonds. The van der Waals surface area contributed by atoms with E-state index in [0.29, 0.717) is 40.5 Å². The first-order valence-corrected chi connectivity index (χ1v) is 10.9. The number of carbonyl (C=O) groups excluding carboxylic acids is 2. The predicted molar refractivity (Wildman–Crippen MR) is 115 cm³/mol. The van der Waals surface area contributed by atoms with Crippen molar-refractivity contribution < 1.29 is 18.7 Å². The van der Waals surface area contributed by atoms with E-state index in [1.54, 1.807) is 6.08 Å². The molecule has 0 spiro atoms. The van der Waals surface area contributed by atoms with Crippen LogP contribution in [0.1, 0.15) is 17.0 Å². The van der Waals surface area contributed by atoms with E-state index in [0.717, 1.165) is 22.9 Å². The van der Waals surface area contributed by atoms with Crippen LogP contribution in [0.3, 0.4) is 0 Å². The van der Waals surface area contributed by atoms with E-state index in [1.165, 1.54) is 11.8 Å². The minimum Gasteiger partial charge on any atom is -0.493 e. The standard InChI is InChI=1S/C21H17N3O4S2/c25-19-17(30-20(26)22-19)12-15-6-8-16(9-7-15)27-10-11-29-21-24-23-18(28-21)13-14-4-2-1-3-5-14/h1-9,12H,10-11,13H2,(H,22,25,26)/b17-12-. The van der Waals surface area contributed by atoms with Gasteiger partial charge in [0.05, 0.1) is 17.9 Å². The number of nitrogens with one attached hydrogen (secondary N) is 1. The van der Waals surface area contributed by atoms with Crippen LogP contribution < -0.4 is 10.1 Å². The topological polar surface area (TPSA) is 94.3 Å². The van der Waals surface area contributed by atoms with Crippen molar-refractivity contribution in [2.75, 3.05) is 12.4 Å². The SMILES string of the molecule is O=C1NC(=O)/C(=C/c2ccc(OCCSc3nnc(Cc4ccccc4)o3)cc2)S1. The molecule has 0 saturated carbocycles. The maximum Gasteiger partial charge on any atom is 0.290 e. The first kappa shape index (κ1) is 20.2. The lowest BCUT2D eigenvalue weighted by molar-refractivity contribution is -0.115. The number of ether oxygens (including phenoxy) is 1. The maximum absolute atomic E-state index is 11.6. The van der Waals surface area contributed by atoms with E-state index >= 15 is 0 Å². The Hall–Kier alpha value is -3.04. The van der Waals surface area contributed by atoms with Crippen molar-refractivity contribution >= 4 is 40.7 Å². The summed E-state index contributed by atoms with van der Waals surface area (Å²) in [5, 5.41) is 10.5. The lowest BCUT2D eigenvalue weighted by Crippen LogP contribution is -2.17. The van der Waals surface area contributed by atoms with Crippen molar-refractivity contribution in [2.45, 2.75) is 11.6 Å². The third-order valence-corrected chi connectivity index (χ3v) is 5.64.